The molecular weight excluding hydrogens is 490 g/mol. The Morgan fingerprint density at radius 1 is 1.11 bits per heavy atom. The highest BCUT2D eigenvalue weighted by atomic mass is 32.2. The Kier molecular flexibility index (Phi) is 8.99. The molecular formula is C23H27N5O5S2. The van der Waals surface area contributed by atoms with E-state index in [0.29, 0.717) is 29.1 Å². The first-order valence-electron chi connectivity index (χ1n) is 11.0. The van der Waals surface area contributed by atoms with Gasteiger partial charge in [0.25, 0.3) is 6.20 Å². The van der Waals surface area contributed by atoms with Crippen LogP contribution in [0.5, 0.6) is 0 Å². The third-order valence-corrected chi connectivity index (χ3v) is 8.28. The zero-order valence-corrected chi connectivity index (χ0v) is 21.2. The number of nitro groups is 1. The first-order valence-corrected chi connectivity index (χ1v) is 13.6. The summed E-state index contributed by atoms with van der Waals surface area (Å²) in [6.45, 7) is 0.207. The molecule has 0 aromatic heterocycles. The fourth-order valence-electron chi connectivity index (χ4n) is 3.35. The molecule has 0 atom stereocenters. The predicted molar refractivity (Wildman–Crippen MR) is 138 cm³/mol. The number of carbonyl (C=O) groups excluding carboxylic acids is 1. The van der Waals surface area contributed by atoms with Crippen molar-refractivity contribution in [2.45, 2.75) is 19.3 Å². The minimum atomic E-state index is -3.75. The SMILES string of the molecule is CN(C)c1ccc(N=Nc2ccc(C(=O)CCCS(=O)(=O)N3CCCSC3=C[N+](=O)[O-])cc2)cc1. The molecule has 1 saturated heterocycles. The van der Waals surface area contributed by atoms with Crippen LogP contribution in [-0.2, 0) is 10.0 Å². The number of hydrogen-bond donors (Lipinski definition) is 0. The Labute approximate surface area is 208 Å². The Morgan fingerprint density at radius 3 is 2.29 bits per heavy atom. The van der Waals surface area contributed by atoms with Crippen LogP contribution in [0, 0.1) is 10.1 Å². The minimum Gasteiger partial charge on any atom is -0.378 e. The van der Waals surface area contributed by atoms with E-state index in [1.807, 2.05) is 43.3 Å². The Bertz CT molecular complexity index is 1210. The molecule has 0 amide bonds. The molecule has 0 bridgehead atoms. The lowest BCUT2D eigenvalue weighted by atomic mass is 10.1. The van der Waals surface area contributed by atoms with Crippen molar-refractivity contribution in [2.24, 2.45) is 10.2 Å². The maximum absolute atomic E-state index is 12.7. The van der Waals surface area contributed by atoms with E-state index in [4.69, 9.17) is 0 Å². The number of hydrogen-bond acceptors (Lipinski definition) is 9. The molecule has 35 heavy (non-hydrogen) atoms. The third-order valence-electron chi connectivity index (χ3n) is 5.20. The van der Waals surface area contributed by atoms with E-state index in [1.165, 1.54) is 0 Å². The smallest absolute Gasteiger partial charge is 0.265 e. The van der Waals surface area contributed by atoms with E-state index in [9.17, 15) is 23.3 Å². The van der Waals surface area contributed by atoms with Crippen LogP contribution < -0.4 is 4.90 Å². The summed E-state index contributed by atoms with van der Waals surface area (Å²) in [7, 11) is 0.168. The normalized spacial score (nSPS) is 15.5. The molecule has 12 heteroatoms. The molecule has 1 fully saturated rings. The Balaban J connectivity index is 1.54. The fraction of sp³-hybridized carbons (Fsp3) is 0.348. The van der Waals surface area contributed by atoms with Crippen molar-refractivity contribution in [3.8, 4) is 0 Å². The Hall–Kier alpha value is -3.25. The summed E-state index contributed by atoms with van der Waals surface area (Å²) in [6, 6.07) is 14.3. The molecule has 0 spiro atoms. The second-order valence-electron chi connectivity index (χ2n) is 8.03. The van der Waals surface area contributed by atoms with Gasteiger partial charge in [0.2, 0.25) is 10.0 Å². The average Bonchev–Trinajstić information content (AvgIpc) is 2.83. The largest absolute Gasteiger partial charge is 0.378 e. The summed E-state index contributed by atoms with van der Waals surface area (Å²) in [4.78, 5) is 24.7. The quantitative estimate of drug-likeness (QED) is 0.188. The van der Waals surface area contributed by atoms with Gasteiger partial charge in [0.1, 0.15) is 0 Å². The maximum Gasteiger partial charge on any atom is 0.265 e. The van der Waals surface area contributed by atoms with Gasteiger partial charge in [-0.15, -0.1) is 11.8 Å². The van der Waals surface area contributed by atoms with Crippen LogP contribution >= 0.6 is 11.8 Å². The standard InChI is InChI=1S/C23H27N5O5S2/c1-26(2)21-12-10-20(11-13-21)25-24-19-8-6-18(7-9-19)22(29)5-3-16-35(32,33)27-14-4-15-34-23(27)17-28(30)31/h6-13,17H,3-5,14-16H2,1-2H3. The number of azo groups is 1. The van der Waals surface area contributed by atoms with Crippen molar-refractivity contribution in [1.29, 1.82) is 0 Å². The van der Waals surface area contributed by atoms with Gasteiger partial charge >= 0.3 is 0 Å². The van der Waals surface area contributed by atoms with Crippen LogP contribution in [0.15, 0.2) is 70.0 Å². The Morgan fingerprint density at radius 2 is 1.71 bits per heavy atom. The topological polar surface area (TPSA) is 126 Å². The average molecular weight is 518 g/mol. The molecule has 1 aliphatic rings. The lowest BCUT2D eigenvalue weighted by Crippen LogP contribution is -2.35. The van der Waals surface area contributed by atoms with E-state index in [-0.39, 0.29) is 36.0 Å². The number of carbonyl (C=O) groups is 1. The van der Waals surface area contributed by atoms with Crippen molar-refractivity contribution in [2.75, 3.05) is 37.0 Å². The lowest BCUT2D eigenvalue weighted by Gasteiger charge is -2.28. The molecule has 1 heterocycles. The minimum absolute atomic E-state index is 0.0492. The predicted octanol–water partition coefficient (Wildman–Crippen LogP) is 4.98. The molecule has 0 saturated carbocycles. The molecule has 2 aromatic rings. The van der Waals surface area contributed by atoms with E-state index in [2.05, 4.69) is 10.2 Å². The van der Waals surface area contributed by atoms with Crippen LogP contribution in [0.25, 0.3) is 0 Å². The highest BCUT2D eigenvalue weighted by molar-refractivity contribution is 8.04. The van der Waals surface area contributed by atoms with E-state index in [1.54, 1.807) is 24.3 Å². The van der Waals surface area contributed by atoms with Crippen molar-refractivity contribution >= 4 is 44.6 Å². The fourth-order valence-corrected chi connectivity index (χ4v) is 6.19. The summed E-state index contributed by atoms with van der Waals surface area (Å²) in [5.74, 6) is 0.187. The highest BCUT2D eigenvalue weighted by Crippen LogP contribution is 2.30. The van der Waals surface area contributed by atoms with Gasteiger partial charge in [0.05, 0.1) is 22.1 Å². The van der Waals surface area contributed by atoms with Crippen molar-refractivity contribution in [3.63, 3.8) is 0 Å². The first-order chi connectivity index (χ1) is 16.7. The summed E-state index contributed by atoms with van der Waals surface area (Å²) in [5, 5.41) is 19.3. The number of ketones is 1. The number of thioether (sulfide) groups is 1. The number of nitrogens with zero attached hydrogens (tertiary/aromatic N) is 5. The molecule has 1 aliphatic heterocycles. The van der Waals surface area contributed by atoms with Crippen LogP contribution in [0.4, 0.5) is 17.1 Å². The number of benzene rings is 2. The van der Waals surface area contributed by atoms with Crippen LogP contribution in [0.3, 0.4) is 0 Å². The molecule has 0 aliphatic carbocycles. The van der Waals surface area contributed by atoms with E-state index >= 15 is 0 Å². The van der Waals surface area contributed by atoms with Gasteiger partial charge in [0, 0.05) is 44.1 Å². The number of Topliss-reactive ketones (excluding diaryl/α,β-unsaturated/α-hetero) is 1. The second-order valence-corrected chi connectivity index (χ2v) is 11.2. The van der Waals surface area contributed by atoms with Gasteiger partial charge in [-0.1, -0.05) is 0 Å². The summed E-state index contributed by atoms with van der Waals surface area (Å²) in [6.07, 6.45) is 1.51. The molecule has 3 rings (SSSR count). The van der Waals surface area contributed by atoms with Crippen molar-refractivity contribution in [1.82, 2.24) is 4.31 Å². The maximum atomic E-state index is 12.7. The number of rotatable bonds is 10. The first kappa shape index (κ1) is 26.4. The summed E-state index contributed by atoms with van der Waals surface area (Å²) < 4.78 is 26.5. The summed E-state index contributed by atoms with van der Waals surface area (Å²) >= 11 is 1.15. The molecule has 186 valence electrons. The molecule has 2 aromatic carbocycles. The van der Waals surface area contributed by atoms with E-state index < -0.39 is 14.9 Å². The molecule has 0 unspecified atom stereocenters. The van der Waals surface area contributed by atoms with Crippen LogP contribution in [-0.4, -0.2) is 55.6 Å². The van der Waals surface area contributed by atoms with E-state index in [0.717, 1.165) is 28.0 Å². The third kappa shape index (κ3) is 7.62. The van der Waals surface area contributed by atoms with Crippen molar-refractivity contribution < 1.29 is 18.1 Å². The number of anilines is 1. The number of sulfonamides is 1. The van der Waals surface area contributed by atoms with Gasteiger partial charge in [-0.05, 0) is 61.4 Å². The molecule has 0 N–H and O–H groups in total. The van der Waals surface area contributed by atoms with Gasteiger partial charge < -0.3 is 4.90 Å². The van der Waals surface area contributed by atoms with Crippen LogP contribution in [0.2, 0.25) is 0 Å². The molecule has 0 radical (unpaired) electrons. The van der Waals surface area contributed by atoms with Crippen LogP contribution in [0.1, 0.15) is 29.6 Å². The highest BCUT2D eigenvalue weighted by Gasteiger charge is 2.29. The van der Waals surface area contributed by atoms with Gasteiger partial charge in [0.15, 0.2) is 10.8 Å². The zero-order chi connectivity index (χ0) is 25.4. The summed E-state index contributed by atoms with van der Waals surface area (Å²) in [5.41, 5.74) is 2.82. The zero-order valence-electron chi connectivity index (χ0n) is 19.5. The van der Waals surface area contributed by atoms with Gasteiger partial charge in [-0.3, -0.25) is 19.2 Å². The monoisotopic (exact) mass is 517 g/mol. The van der Waals surface area contributed by atoms with Gasteiger partial charge in [-0.2, -0.15) is 10.2 Å². The van der Waals surface area contributed by atoms with Crippen molar-refractivity contribution in [3.05, 3.63) is 75.4 Å². The second kappa shape index (κ2) is 11.9. The lowest BCUT2D eigenvalue weighted by molar-refractivity contribution is -0.403. The molecule has 10 nitrogen and oxygen atoms in total. The van der Waals surface area contributed by atoms with Gasteiger partial charge in [-0.25, -0.2) is 8.42 Å².